The van der Waals surface area contributed by atoms with E-state index in [1.165, 1.54) is 0 Å². The maximum atomic E-state index is 11.6. The molecule has 0 aromatic carbocycles. The monoisotopic (exact) mass is 388 g/mol. The number of carboxylic acids is 1. The Hall–Kier alpha value is -1.85. The second kappa shape index (κ2) is 8.02. The zero-order valence-electron chi connectivity index (χ0n) is 13.9. The highest BCUT2D eigenvalue weighted by atomic mass is 32.2. The molecule has 0 saturated carbocycles. The van der Waals surface area contributed by atoms with Gasteiger partial charge in [-0.1, -0.05) is 0 Å². The minimum absolute atomic E-state index is 0.195. The second-order valence-electron chi connectivity index (χ2n) is 5.67. The highest BCUT2D eigenvalue weighted by Crippen LogP contribution is 2.16. The topological polar surface area (TPSA) is 136 Å². The van der Waals surface area contributed by atoms with Crippen molar-refractivity contribution in [2.24, 2.45) is 4.99 Å². The molecule has 2 rings (SSSR count). The maximum absolute atomic E-state index is 11.6. The van der Waals surface area contributed by atoms with Crippen molar-refractivity contribution in [3.05, 3.63) is 23.7 Å². The normalized spacial score (nSPS) is 21.0. The molecule has 1 aliphatic rings. The Morgan fingerprint density at radius 2 is 2.12 bits per heavy atom. The number of aliphatic imine (C=N–C) groups is 1. The van der Waals surface area contributed by atoms with E-state index in [4.69, 9.17) is 14.9 Å². The maximum Gasteiger partial charge on any atom is 0.330 e. The molecule has 1 aromatic rings. The van der Waals surface area contributed by atoms with Crippen LogP contribution in [0.4, 0.5) is 0 Å². The van der Waals surface area contributed by atoms with Gasteiger partial charge in [-0.25, -0.2) is 8.42 Å². The highest BCUT2D eigenvalue weighted by molar-refractivity contribution is 7.98. The Kier molecular flexibility index (Phi) is 6.25. The Morgan fingerprint density at radius 3 is 2.72 bits per heavy atom. The highest BCUT2D eigenvalue weighted by Gasteiger charge is 2.46. The summed E-state index contributed by atoms with van der Waals surface area (Å²) >= 11 is 1.55. The Bertz CT molecular complexity index is 785. The number of thioether (sulfide) groups is 1. The van der Waals surface area contributed by atoms with Crippen molar-refractivity contribution in [1.29, 1.82) is 5.41 Å². The third-order valence-electron chi connectivity index (χ3n) is 3.23. The summed E-state index contributed by atoms with van der Waals surface area (Å²) in [5, 5.41) is 14.6. The van der Waals surface area contributed by atoms with Crippen LogP contribution in [0.3, 0.4) is 0 Å². The van der Waals surface area contributed by atoms with Crippen molar-refractivity contribution in [3.8, 4) is 0 Å². The molecule has 1 fully saturated rings. The van der Waals surface area contributed by atoms with Gasteiger partial charge in [-0.2, -0.15) is 11.8 Å². The van der Waals surface area contributed by atoms with Crippen LogP contribution in [0.5, 0.6) is 0 Å². The van der Waals surface area contributed by atoms with Crippen LogP contribution in [-0.2, 0) is 27.1 Å². The zero-order valence-corrected chi connectivity index (χ0v) is 15.5. The predicted octanol–water partition coefficient (Wildman–Crippen LogP) is 0.379. The SMILES string of the molecule is CN(C)Cc1ccc(CSCCN=C2NS(=O)(=O)C(C(=O)O)C2=N)o1. The number of sulfonamides is 1. The first-order valence-corrected chi connectivity index (χ1v) is 10.1. The van der Waals surface area contributed by atoms with Gasteiger partial charge in [0.05, 0.1) is 18.8 Å². The molecule has 1 aliphatic heterocycles. The summed E-state index contributed by atoms with van der Waals surface area (Å²) in [4.78, 5) is 16.9. The lowest BCUT2D eigenvalue weighted by molar-refractivity contribution is -0.135. The van der Waals surface area contributed by atoms with Gasteiger partial charge in [0.15, 0.2) is 5.84 Å². The lowest BCUT2D eigenvalue weighted by atomic mass is 10.2. The summed E-state index contributed by atoms with van der Waals surface area (Å²) in [5.74, 6) is 1.19. The van der Waals surface area contributed by atoms with Crippen molar-refractivity contribution in [2.75, 3.05) is 26.4 Å². The summed E-state index contributed by atoms with van der Waals surface area (Å²) in [7, 11) is -0.192. The number of hydrogen-bond acceptors (Lipinski definition) is 8. The number of carbonyl (C=O) groups is 1. The van der Waals surface area contributed by atoms with Crippen LogP contribution >= 0.6 is 11.8 Å². The van der Waals surface area contributed by atoms with E-state index in [0.717, 1.165) is 18.1 Å². The van der Waals surface area contributed by atoms with E-state index >= 15 is 0 Å². The van der Waals surface area contributed by atoms with Gasteiger partial charge in [0, 0.05) is 5.75 Å². The number of hydrogen-bond donors (Lipinski definition) is 3. The number of rotatable bonds is 8. The molecular formula is C14H20N4O5S2. The second-order valence-corrected chi connectivity index (χ2v) is 8.54. The van der Waals surface area contributed by atoms with Crippen LogP contribution < -0.4 is 4.72 Å². The predicted molar refractivity (Wildman–Crippen MR) is 95.8 cm³/mol. The number of aliphatic carboxylic acids is 1. The summed E-state index contributed by atoms with van der Waals surface area (Å²) in [6, 6.07) is 3.84. The van der Waals surface area contributed by atoms with Gasteiger partial charge in [-0.15, -0.1) is 0 Å². The molecular weight excluding hydrogens is 368 g/mol. The van der Waals surface area contributed by atoms with Gasteiger partial charge in [0.2, 0.25) is 5.25 Å². The van der Waals surface area contributed by atoms with Crippen LogP contribution in [-0.4, -0.2) is 67.6 Å². The van der Waals surface area contributed by atoms with Gasteiger partial charge in [0.1, 0.15) is 17.2 Å². The van der Waals surface area contributed by atoms with Gasteiger partial charge in [-0.05, 0) is 26.2 Å². The van der Waals surface area contributed by atoms with E-state index in [-0.39, 0.29) is 12.4 Å². The molecule has 138 valence electrons. The molecule has 1 saturated heterocycles. The van der Waals surface area contributed by atoms with Crippen LogP contribution in [0.1, 0.15) is 11.5 Å². The van der Waals surface area contributed by atoms with Crippen molar-refractivity contribution >= 4 is 39.3 Å². The van der Waals surface area contributed by atoms with Gasteiger partial charge < -0.3 is 14.4 Å². The Balaban J connectivity index is 1.81. The lowest BCUT2D eigenvalue weighted by Crippen LogP contribution is -2.33. The summed E-state index contributed by atoms with van der Waals surface area (Å²) in [5.41, 5.74) is -0.531. The number of nitrogens with one attached hydrogen (secondary N) is 2. The summed E-state index contributed by atoms with van der Waals surface area (Å²) in [6.07, 6.45) is 0. The number of amidine groups is 1. The van der Waals surface area contributed by atoms with E-state index in [1.807, 2.05) is 35.9 Å². The average molecular weight is 388 g/mol. The molecule has 1 unspecified atom stereocenters. The molecule has 2 heterocycles. The first-order chi connectivity index (χ1) is 11.7. The third-order valence-corrected chi connectivity index (χ3v) is 5.73. The first kappa shape index (κ1) is 19.5. The zero-order chi connectivity index (χ0) is 18.6. The van der Waals surface area contributed by atoms with Crippen LogP contribution in [0.15, 0.2) is 21.5 Å². The molecule has 0 radical (unpaired) electrons. The van der Waals surface area contributed by atoms with Gasteiger partial charge >= 0.3 is 5.97 Å². The Labute approximate surface area is 150 Å². The van der Waals surface area contributed by atoms with E-state index in [0.29, 0.717) is 11.5 Å². The van der Waals surface area contributed by atoms with E-state index in [2.05, 4.69) is 4.99 Å². The van der Waals surface area contributed by atoms with Crippen molar-refractivity contribution < 1.29 is 22.7 Å². The minimum Gasteiger partial charge on any atom is -0.480 e. The van der Waals surface area contributed by atoms with E-state index in [1.54, 1.807) is 11.8 Å². The smallest absolute Gasteiger partial charge is 0.330 e. The largest absolute Gasteiger partial charge is 0.480 e. The fourth-order valence-corrected chi connectivity index (χ4v) is 4.16. The van der Waals surface area contributed by atoms with Crippen LogP contribution in [0, 0.1) is 5.41 Å². The summed E-state index contributed by atoms with van der Waals surface area (Å²) in [6.45, 7) is 0.994. The van der Waals surface area contributed by atoms with Crippen molar-refractivity contribution in [2.45, 2.75) is 17.5 Å². The molecule has 0 bridgehead atoms. The van der Waals surface area contributed by atoms with E-state index in [9.17, 15) is 13.2 Å². The summed E-state index contributed by atoms with van der Waals surface area (Å²) < 4.78 is 31.0. The average Bonchev–Trinajstić information content (AvgIpc) is 3.00. The molecule has 0 aliphatic carbocycles. The number of carboxylic acid groups (broad SMARTS) is 1. The number of furan rings is 1. The van der Waals surface area contributed by atoms with Gasteiger partial charge in [0.25, 0.3) is 10.0 Å². The molecule has 1 atom stereocenters. The fraction of sp³-hybridized carbons (Fsp3) is 0.500. The standard InChI is InChI=1S/C14H20N4O5S2/c1-18(2)7-9-3-4-10(23-9)8-24-6-5-16-13-11(15)12(14(19)20)25(21,22)17-13/h3-4,12,15H,5-8H2,1-2H3,(H,16,17)(H,19,20). The molecule has 11 heteroatoms. The van der Waals surface area contributed by atoms with Crippen molar-refractivity contribution in [3.63, 3.8) is 0 Å². The molecule has 9 nitrogen and oxygen atoms in total. The van der Waals surface area contributed by atoms with Gasteiger partial charge in [-0.3, -0.25) is 19.9 Å². The van der Waals surface area contributed by atoms with Crippen LogP contribution in [0.2, 0.25) is 0 Å². The van der Waals surface area contributed by atoms with Crippen LogP contribution in [0.25, 0.3) is 0 Å². The molecule has 0 spiro atoms. The van der Waals surface area contributed by atoms with Crippen molar-refractivity contribution in [1.82, 2.24) is 9.62 Å². The molecule has 1 aromatic heterocycles. The first-order valence-electron chi connectivity index (χ1n) is 7.38. The minimum atomic E-state index is -4.11. The molecule has 25 heavy (non-hydrogen) atoms. The quantitative estimate of drug-likeness (QED) is 0.548. The van der Waals surface area contributed by atoms with E-state index < -0.39 is 27.0 Å². The lowest BCUT2D eigenvalue weighted by Gasteiger charge is -2.05. The molecule has 0 amide bonds. The fourth-order valence-electron chi connectivity index (χ4n) is 2.19. The number of nitrogens with zero attached hydrogens (tertiary/aromatic N) is 2. The Morgan fingerprint density at radius 1 is 1.44 bits per heavy atom. The molecule has 3 N–H and O–H groups in total. The third kappa shape index (κ3) is 5.06.